The number of methoxy groups -OCH3 is 1. The van der Waals surface area contributed by atoms with E-state index >= 15 is 0 Å². The number of ether oxygens (including phenoxy) is 3. The lowest BCUT2D eigenvalue weighted by atomic mass is 10.1. The van der Waals surface area contributed by atoms with E-state index in [-0.39, 0.29) is 33.9 Å². The molecule has 0 atom stereocenters. The lowest BCUT2D eigenvalue weighted by Crippen LogP contribution is -2.12. The summed E-state index contributed by atoms with van der Waals surface area (Å²) in [7, 11) is -2.41. The lowest BCUT2D eigenvalue weighted by molar-refractivity contribution is -0.131. The van der Waals surface area contributed by atoms with Crippen LogP contribution in [0, 0.1) is 0 Å². The van der Waals surface area contributed by atoms with Gasteiger partial charge in [-0.3, -0.25) is 4.72 Å². The van der Waals surface area contributed by atoms with Crippen molar-refractivity contribution < 1.29 is 32.5 Å². The van der Waals surface area contributed by atoms with Crippen LogP contribution in [-0.4, -0.2) is 33.4 Å². The predicted molar refractivity (Wildman–Crippen MR) is 90.9 cm³/mol. The topological polar surface area (TPSA) is 111 Å². The van der Waals surface area contributed by atoms with Gasteiger partial charge in [0.15, 0.2) is 11.5 Å². The smallest absolute Gasteiger partial charge is 0.328 e. The molecule has 0 saturated heterocycles. The summed E-state index contributed by atoms with van der Waals surface area (Å²) >= 11 is 1.07. The van der Waals surface area contributed by atoms with Crippen LogP contribution in [0.1, 0.15) is 5.56 Å². The van der Waals surface area contributed by atoms with E-state index < -0.39 is 16.0 Å². The Labute approximate surface area is 147 Å². The first kappa shape index (κ1) is 17.1. The molecule has 10 heteroatoms. The summed E-state index contributed by atoms with van der Waals surface area (Å²) in [6.45, 7) is -0.106. The zero-order valence-corrected chi connectivity index (χ0v) is 14.5. The highest BCUT2D eigenvalue weighted by Gasteiger charge is 2.28. The second-order valence-corrected chi connectivity index (χ2v) is 7.68. The molecule has 0 unspecified atom stereocenters. The highest BCUT2D eigenvalue weighted by Crippen LogP contribution is 2.49. The number of fused-ring (bicyclic) bond motifs is 1. The van der Waals surface area contributed by atoms with Crippen molar-refractivity contribution >= 4 is 39.1 Å². The standard InChI is InChI=1S/C15H13NO7S2/c1-21-13-9(4-5-11(17)18)7-10(14-15(13)23-8-22-14)16-25(19,20)12-3-2-6-24-12/h2-7,16H,8H2,1H3,(H,17,18)/b5-4+. The van der Waals surface area contributed by atoms with E-state index in [9.17, 15) is 13.2 Å². The third-order valence-corrected chi connectivity index (χ3v) is 6.00. The maximum atomic E-state index is 12.5. The Morgan fingerprint density at radius 3 is 2.80 bits per heavy atom. The minimum atomic E-state index is -3.81. The first-order valence-electron chi connectivity index (χ1n) is 6.90. The van der Waals surface area contributed by atoms with Gasteiger partial charge in [0.1, 0.15) is 4.21 Å². The van der Waals surface area contributed by atoms with E-state index in [1.165, 1.54) is 25.3 Å². The van der Waals surface area contributed by atoms with E-state index in [0.717, 1.165) is 17.4 Å². The van der Waals surface area contributed by atoms with Gasteiger partial charge in [-0.1, -0.05) is 6.07 Å². The van der Waals surface area contributed by atoms with Crippen LogP contribution in [0.5, 0.6) is 17.2 Å². The number of anilines is 1. The molecule has 8 nitrogen and oxygen atoms in total. The van der Waals surface area contributed by atoms with Gasteiger partial charge in [0.2, 0.25) is 12.5 Å². The van der Waals surface area contributed by atoms with Crippen LogP contribution in [0.15, 0.2) is 33.9 Å². The van der Waals surface area contributed by atoms with Gasteiger partial charge >= 0.3 is 5.97 Å². The van der Waals surface area contributed by atoms with Crippen molar-refractivity contribution in [3.05, 3.63) is 35.2 Å². The fourth-order valence-corrected chi connectivity index (χ4v) is 4.29. The van der Waals surface area contributed by atoms with Crippen molar-refractivity contribution in [2.24, 2.45) is 0 Å². The first-order chi connectivity index (χ1) is 11.9. The van der Waals surface area contributed by atoms with Crippen LogP contribution in [0.25, 0.3) is 6.08 Å². The number of carbonyl (C=O) groups is 1. The van der Waals surface area contributed by atoms with Crippen LogP contribution < -0.4 is 18.9 Å². The van der Waals surface area contributed by atoms with Crippen LogP contribution >= 0.6 is 11.3 Å². The molecule has 0 spiro atoms. The highest BCUT2D eigenvalue weighted by atomic mass is 32.2. The summed E-state index contributed by atoms with van der Waals surface area (Å²) in [4.78, 5) is 10.8. The summed E-state index contributed by atoms with van der Waals surface area (Å²) in [5, 5.41) is 10.5. The molecule has 0 radical (unpaired) electrons. The highest BCUT2D eigenvalue weighted by molar-refractivity contribution is 7.94. The molecule has 3 rings (SSSR count). The Morgan fingerprint density at radius 1 is 1.40 bits per heavy atom. The molecule has 0 saturated carbocycles. The van der Waals surface area contributed by atoms with E-state index in [2.05, 4.69) is 4.72 Å². The summed E-state index contributed by atoms with van der Waals surface area (Å²) < 4.78 is 43.4. The Balaban J connectivity index is 2.09. The van der Waals surface area contributed by atoms with Crippen molar-refractivity contribution in [3.8, 4) is 17.2 Å². The van der Waals surface area contributed by atoms with Gasteiger partial charge in [0, 0.05) is 11.6 Å². The minimum absolute atomic E-state index is 0.106. The third-order valence-electron chi connectivity index (χ3n) is 3.24. The number of sulfonamides is 1. The van der Waals surface area contributed by atoms with Crippen LogP contribution in [0.4, 0.5) is 5.69 Å². The Hall–Kier alpha value is -2.72. The first-order valence-corrected chi connectivity index (χ1v) is 9.26. The molecule has 25 heavy (non-hydrogen) atoms. The van der Waals surface area contributed by atoms with E-state index in [1.807, 2.05) is 0 Å². The van der Waals surface area contributed by atoms with Gasteiger partial charge in [-0.15, -0.1) is 11.3 Å². The molecule has 2 N–H and O–H groups in total. The van der Waals surface area contributed by atoms with Crippen molar-refractivity contribution in [2.45, 2.75) is 4.21 Å². The molecule has 0 fully saturated rings. The van der Waals surface area contributed by atoms with Crippen molar-refractivity contribution in [1.29, 1.82) is 0 Å². The van der Waals surface area contributed by atoms with Crippen LogP contribution in [0.3, 0.4) is 0 Å². The molecule has 2 heterocycles. The molecule has 0 aliphatic carbocycles. The Kier molecular flexibility index (Phi) is 4.55. The van der Waals surface area contributed by atoms with Crippen molar-refractivity contribution in [3.63, 3.8) is 0 Å². The largest absolute Gasteiger partial charge is 0.492 e. The summed E-state index contributed by atoms with van der Waals surface area (Å²) in [5.41, 5.74) is 0.463. The second kappa shape index (κ2) is 6.65. The second-order valence-electron chi connectivity index (χ2n) is 4.82. The van der Waals surface area contributed by atoms with E-state index in [1.54, 1.807) is 11.4 Å². The molecule has 1 aromatic carbocycles. The fraction of sp³-hybridized carbons (Fsp3) is 0.133. The average molecular weight is 383 g/mol. The Morgan fingerprint density at radius 2 is 2.16 bits per heavy atom. The normalized spacial score (nSPS) is 13.2. The SMILES string of the molecule is COc1c(/C=C/C(=O)O)cc(NS(=O)(=O)c2cccs2)c2c1OCO2. The number of hydrogen-bond donors (Lipinski definition) is 2. The molecular formula is C15H13NO7S2. The third kappa shape index (κ3) is 3.39. The molecule has 0 bridgehead atoms. The molecule has 1 aliphatic heterocycles. The predicted octanol–water partition coefficient (Wildman–Crippen LogP) is 2.38. The summed E-state index contributed by atoms with van der Waals surface area (Å²) in [5.74, 6) is -0.507. The van der Waals surface area contributed by atoms with Gasteiger partial charge in [-0.05, 0) is 23.6 Å². The fourth-order valence-electron chi connectivity index (χ4n) is 2.25. The zero-order valence-electron chi connectivity index (χ0n) is 12.9. The number of carboxylic acid groups (broad SMARTS) is 1. The number of hydrogen-bond acceptors (Lipinski definition) is 7. The number of rotatable bonds is 6. The molecule has 132 valence electrons. The van der Waals surface area contributed by atoms with Gasteiger partial charge in [0.05, 0.1) is 12.8 Å². The van der Waals surface area contributed by atoms with E-state index in [4.69, 9.17) is 19.3 Å². The maximum Gasteiger partial charge on any atom is 0.328 e. The van der Waals surface area contributed by atoms with E-state index in [0.29, 0.717) is 5.56 Å². The molecule has 1 aromatic heterocycles. The summed E-state index contributed by atoms with van der Waals surface area (Å²) in [6, 6.07) is 4.52. The monoisotopic (exact) mass is 383 g/mol. The molecule has 1 aliphatic rings. The molecular weight excluding hydrogens is 370 g/mol. The average Bonchev–Trinajstić information content (AvgIpc) is 3.24. The maximum absolute atomic E-state index is 12.5. The van der Waals surface area contributed by atoms with Crippen molar-refractivity contribution in [1.82, 2.24) is 0 Å². The zero-order chi connectivity index (χ0) is 18.0. The summed E-state index contributed by atoms with van der Waals surface area (Å²) in [6.07, 6.45) is 2.20. The van der Waals surface area contributed by atoms with Gasteiger partial charge < -0.3 is 19.3 Å². The Bertz CT molecular complexity index is 933. The van der Waals surface area contributed by atoms with Crippen LogP contribution in [-0.2, 0) is 14.8 Å². The number of nitrogens with one attached hydrogen (secondary N) is 1. The number of aliphatic carboxylic acids is 1. The van der Waals surface area contributed by atoms with Gasteiger partial charge in [-0.25, -0.2) is 13.2 Å². The minimum Gasteiger partial charge on any atom is -0.492 e. The molecule has 0 amide bonds. The van der Waals surface area contributed by atoms with Gasteiger partial charge in [-0.2, -0.15) is 0 Å². The molecule has 2 aromatic rings. The van der Waals surface area contributed by atoms with Gasteiger partial charge in [0.25, 0.3) is 10.0 Å². The lowest BCUT2D eigenvalue weighted by Gasteiger charge is -2.14. The number of benzene rings is 1. The number of carboxylic acids is 1. The quantitative estimate of drug-likeness (QED) is 0.737. The van der Waals surface area contributed by atoms with Crippen LogP contribution in [0.2, 0.25) is 0 Å². The number of thiophene rings is 1. The van der Waals surface area contributed by atoms with Crippen molar-refractivity contribution in [2.75, 3.05) is 18.6 Å².